The highest BCUT2D eigenvalue weighted by Gasteiger charge is 2.31. The Morgan fingerprint density at radius 2 is 1.59 bits per heavy atom. The van der Waals surface area contributed by atoms with Crippen LogP contribution in [0.4, 0.5) is 13.2 Å². The van der Waals surface area contributed by atoms with Crippen LogP contribution in [0.5, 0.6) is 0 Å². The summed E-state index contributed by atoms with van der Waals surface area (Å²) in [6, 6.07) is 26.0. The Hall–Kier alpha value is -3.80. The van der Waals surface area contributed by atoms with Gasteiger partial charge in [-0.3, -0.25) is 4.79 Å². The van der Waals surface area contributed by atoms with E-state index in [2.05, 4.69) is 23.6 Å². The van der Waals surface area contributed by atoms with E-state index < -0.39 is 17.6 Å². The van der Waals surface area contributed by atoms with Crippen molar-refractivity contribution in [2.75, 3.05) is 0 Å². The quantitative estimate of drug-likeness (QED) is 0.300. The molecule has 0 saturated carbocycles. The average molecular weight is 463 g/mol. The molecule has 0 fully saturated rings. The molecule has 1 heterocycles. The lowest BCUT2D eigenvalue weighted by atomic mass is 10.1. The fourth-order valence-electron chi connectivity index (χ4n) is 3.93. The summed E-state index contributed by atoms with van der Waals surface area (Å²) in [4.78, 5) is 15.0. The fourth-order valence-corrected chi connectivity index (χ4v) is 3.93. The molecular weight excluding hydrogens is 437 g/mol. The second kappa shape index (κ2) is 10.00. The zero-order valence-electron chi connectivity index (χ0n) is 18.8. The second-order valence-electron chi connectivity index (χ2n) is 8.28. The van der Waals surface area contributed by atoms with Crippen molar-refractivity contribution < 1.29 is 18.0 Å². The van der Waals surface area contributed by atoms with E-state index in [1.807, 2.05) is 60.8 Å². The van der Waals surface area contributed by atoms with Crippen LogP contribution in [0.15, 0.2) is 97.2 Å². The van der Waals surface area contributed by atoms with Crippen LogP contribution >= 0.6 is 0 Å². The molecule has 4 rings (SSSR count). The Balaban J connectivity index is 1.64. The predicted octanol–water partition coefficient (Wildman–Crippen LogP) is 6.71. The molecule has 174 valence electrons. The summed E-state index contributed by atoms with van der Waals surface area (Å²) in [5.41, 5.74) is 3.32. The van der Waals surface area contributed by atoms with Crippen molar-refractivity contribution in [3.63, 3.8) is 0 Å². The lowest BCUT2D eigenvalue weighted by Crippen LogP contribution is -2.31. The molecule has 0 unspecified atom stereocenters. The number of rotatable bonds is 7. The number of halogens is 3. The highest BCUT2D eigenvalue weighted by atomic mass is 19.4. The minimum atomic E-state index is -4.51. The highest BCUT2D eigenvalue weighted by molar-refractivity contribution is 5.94. The first-order valence-corrected chi connectivity index (χ1v) is 11.0. The highest BCUT2D eigenvalue weighted by Crippen LogP contribution is 2.30. The summed E-state index contributed by atoms with van der Waals surface area (Å²) in [6.07, 6.45) is -2.56. The molecule has 0 atom stereocenters. The van der Waals surface area contributed by atoms with E-state index in [1.54, 1.807) is 4.90 Å². The third-order valence-electron chi connectivity index (χ3n) is 5.82. The zero-order valence-corrected chi connectivity index (χ0v) is 18.8. The maximum Gasteiger partial charge on any atom is 0.416 e. The van der Waals surface area contributed by atoms with E-state index in [4.69, 9.17) is 0 Å². The van der Waals surface area contributed by atoms with E-state index in [1.165, 1.54) is 23.3 Å². The van der Waals surface area contributed by atoms with Gasteiger partial charge in [-0.25, -0.2) is 0 Å². The van der Waals surface area contributed by atoms with Gasteiger partial charge in [0.25, 0.3) is 5.91 Å². The number of hydrogen-bond donors (Lipinski definition) is 0. The molecule has 0 saturated heterocycles. The lowest BCUT2D eigenvalue weighted by Gasteiger charge is -2.24. The largest absolute Gasteiger partial charge is 0.416 e. The standard InChI is InChI=1S/C28H25F3N2O/c1-21-9-5-6-12-24(21)19-32-16-8-15-26(32)20-33(18-22-10-3-2-4-11-22)27(34)23-13-7-14-25(17-23)28(29,30)31/h2-17H,18-20H2,1H3. The van der Waals surface area contributed by atoms with Crippen LogP contribution < -0.4 is 0 Å². The number of carbonyl (C=O) groups excluding carboxylic acids is 1. The van der Waals surface area contributed by atoms with Gasteiger partial charge in [-0.1, -0.05) is 60.7 Å². The van der Waals surface area contributed by atoms with Crippen LogP contribution in [0, 0.1) is 6.92 Å². The van der Waals surface area contributed by atoms with Gasteiger partial charge in [0, 0.05) is 30.5 Å². The van der Waals surface area contributed by atoms with Crippen molar-refractivity contribution in [2.45, 2.75) is 32.7 Å². The monoisotopic (exact) mass is 462 g/mol. The average Bonchev–Trinajstić information content (AvgIpc) is 3.26. The summed E-state index contributed by atoms with van der Waals surface area (Å²) in [7, 11) is 0. The Labute approximate surface area is 197 Å². The van der Waals surface area contributed by atoms with Gasteiger partial charge in [-0.05, 0) is 53.9 Å². The minimum absolute atomic E-state index is 0.0165. The van der Waals surface area contributed by atoms with Gasteiger partial charge >= 0.3 is 6.18 Å². The van der Waals surface area contributed by atoms with Gasteiger partial charge in [0.05, 0.1) is 12.1 Å². The molecule has 0 N–H and O–H groups in total. The van der Waals surface area contributed by atoms with E-state index >= 15 is 0 Å². The summed E-state index contributed by atoms with van der Waals surface area (Å²) in [5.74, 6) is -0.446. The second-order valence-corrected chi connectivity index (χ2v) is 8.28. The Morgan fingerprint density at radius 3 is 2.32 bits per heavy atom. The molecule has 6 heteroatoms. The number of nitrogens with zero attached hydrogens (tertiary/aromatic N) is 2. The van der Waals surface area contributed by atoms with Crippen molar-refractivity contribution in [1.82, 2.24) is 9.47 Å². The van der Waals surface area contributed by atoms with Crippen LogP contribution in [-0.4, -0.2) is 15.4 Å². The SMILES string of the molecule is Cc1ccccc1Cn1cccc1CN(Cc1ccccc1)C(=O)c1cccc(C(F)(F)F)c1. The van der Waals surface area contributed by atoms with Crippen LogP contribution in [0.3, 0.4) is 0 Å². The molecule has 3 nitrogen and oxygen atoms in total. The molecule has 0 radical (unpaired) electrons. The van der Waals surface area contributed by atoms with Crippen LogP contribution in [0.25, 0.3) is 0 Å². The molecule has 0 spiro atoms. The molecule has 0 aliphatic carbocycles. The van der Waals surface area contributed by atoms with Crippen molar-refractivity contribution in [3.05, 3.63) is 131 Å². The van der Waals surface area contributed by atoms with Crippen molar-refractivity contribution in [1.29, 1.82) is 0 Å². The maximum absolute atomic E-state index is 13.4. The number of alkyl halides is 3. The Kier molecular flexibility index (Phi) is 6.87. The molecule has 3 aromatic carbocycles. The van der Waals surface area contributed by atoms with E-state index in [0.717, 1.165) is 23.4 Å². The third-order valence-corrected chi connectivity index (χ3v) is 5.82. The molecule has 0 aliphatic heterocycles. The van der Waals surface area contributed by atoms with Gasteiger partial charge < -0.3 is 9.47 Å². The Morgan fingerprint density at radius 1 is 0.853 bits per heavy atom. The first-order chi connectivity index (χ1) is 16.3. The van der Waals surface area contributed by atoms with Crippen molar-refractivity contribution >= 4 is 5.91 Å². The predicted molar refractivity (Wildman–Crippen MR) is 126 cm³/mol. The van der Waals surface area contributed by atoms with E-state index in [9.17, 15) is 18.0 Å². The van der Waals surface area contributed by atoms with Gasteiger partial charge in [0.15, 0.2) is 0 Å². The van der Waals surface area contributed by atoms with Crippen molar-refractivity contribution in [2.24, 2.45) is 0 Å². The molecule has 4 aromatic rings. The maximum atomic E-state index is 13.4. The molecule has 0 bridgehead atoms. The minimum Gasteiger partial charge on any atom is -0.345 e. The van der Waals surface area contributed by atoms with Crippen molar-refractivity contribution in [3.8, 4) is 0 Å². The summed E-state index contributed by atoms with van der Waals surface area (Å²) >= 11 is 0. The number of hydrogen-bond acceptors (Lipinski definition) is 1. The zero-order chi connectivity index (χ0) is 24.1. The van der Waals surface area contributed by atoms with Gasteiger partial charge in [-0.2, -0.15) is 13.2 Å². The van der Waals surface area contributed by atoms with Crippen LogP contribution in [-0.2, 0) is 25.8 Å². The molecule has 1 amide bonds. The summed E-state index contributed by atoms with van der Waals surface area (Å²) in [6.45, 7) is 3.25. The normalized spacial score (nSPS) is 11.4. The number of carbonyl (C=O) groups is 1. The van der Waals surface area contributed by atoms with E-state index in [0.29, 0.717) is 6.54 Å². The number of benzene rings is 3. The summed E-state index contributed by atoms with van der Waals surface area (Å²) < 4.78 is 41.8. The number of amides is 1. The first kappa shape index (κ1) is 23.4. The third kappa shape index (κ3) is 5.57. The Bertz CT molecular complexity index is 1260. The molecule has 34 heavy (non-hydrogen) atoms. The first-order valence-electron chi connectivity index (χ1n) is 11.0. The topological polar surface area (TPSA) is 25.2 Å². The van der Waals surface area contributed by atoms with Gasteiger partial charge in [0.2, 0.25) is 0 Å². The summed E-state index contributed by atoms with van der Waals surface area (Å²) in [5, 5.41) is 0. The number of aryl methyl sites for hydroxylation is 1. The molecule has 1 aromatic heterocycles. The van der Waals surface area contributed by atoms with Crippen LogP contribution in [0.1, 0.15) is 38.3 Å². The smallest absolute Gasteiger partial charge is 0.345 e. The van der Waals surface area contributed by atoms with Gasteiger partial charge in [0.1, 0.15) is 0 Å². The molecular formula is C28H25F3N2O. The van der Waals surface area contributed by atoms with Crippen LogP contribution in [0.2, 0.25) is 0 Å². The van der Waals surface area contributed by atoms with Gasteiger partial charge in [-0.15, -0.1) is 0 Å². The number of aromatic nitrogens is 1. The van der Waals surface area contributed by atoms with E-state index in [-0.39, 0.29) is 18.7 Å². The molecule has 0 aliphatic rings. The fraction of sp³-hybridized carbons (Fsp3) is 0.179. The lowest BCUT2D eigenvalue weighted by molar-refractivity contribution is -0.137.